The van der Waals surface area contributed by atoms with Crippen LogP contribution >= 0.6 is 11.6 Å². The Morgan fingerprint density at radius 2 is 2.21 bits per heavy atom. The predicted molar refractivity (Wildman–Crippen MR) is 53.8 cm³/mol. The zero-order valence-electron chi connectivity index (χ0n) is 8.29. The Kier molecular flexibility index (Phi) is 4.62. The first-order valence-corrected chi connectivity index (χ1v) is 4.81. The van der Waals surface area contributed by atoms with Gasteiger partial charge in [-0.2, -0.15) is 4.98 Å². The molecule has 1 aromatic heterocycles. The van der Waals surface area contributed by atoms with Crippen LogP contribution in [-0.2, 0) is 4.74 Å². The number of aromatic nitrogens is 2. The summed E-state index contributed by atoms with van der Waals surface area (Å²) in [5, 5.41) is 0.196. The Bertz CT molecular complexity index is 294. The molecule has 0 saturated carbocycles. The van der Waals surface area contributed by atoms with Gasteiger partial charge in [0.1, 0.15) is 6.61 Å². The smallest absolute Gasteiger partial charge is 0.225 e. The molecule has 0 saturated heterocycles. The molecule has 0 aromatic carbocycles. The minimum atomic E-state index is 0.196. The Labute approximate surface area is 88.2 Å². The number of nitrogens with zero attached hydrogens (tertiary/aromatic N) is 2. The van der Waals surface area contributed by atoms with Crippen molar-refractivity contribution in [1.82, 2.24) is 9.97 Å². The first kappa shape index (κ1) is 11.2. The minimum Gasteiger partial charge on any atom is -0.475 e. The van der Waals surface area contributed by atoms with E-state index in [2.05, 4.69) is 9.97 Å². The van der Waals surface area contributed by atoms with Crippen molar-refractivity contribution in [2.45, 2.75) is 13.8 Å². The highest BCUT2D eigenvalue weighted by atomic mass is 35.5. The molecule has 14 heavy (non-hydrogen) atoms. The molecule has 0 N–H and O–H groups in total. The maximum atomic E-state index is 5.62. The first-order chi connectivity index (χ1) is 6.74. The Morgan fingerprint density at radius 3 is 2.93 bits per heavy atom. The summed E-state index contributed by atoms with van der Waals surface area (Å²) in [5.41, 5.74) is 0.867. The minimum absolute atomic E-state index is 0.196. The van der Waals surface area contributed by atoms with Crippen LogP contribution in [0.4, 0.5) is 0 Å². The van der Waals surface area contributed by atoms with E-state index < -0.39 is 0 Å². The lowest BCUT2D eigenvalue weighted by Crippen LogP contribution is -2.08. The molecule has 5 heteroatoms. The summed E-state index contributed by atoms with van der Waals surface area (Å²) in [4.78, 5) is 7.77. The van der Waals surface area contributed by atoms with E-state index in [0.717, 1.165) is 5.56 Å². The lowest BCUT2D eigenvalue weighted by atomic mass is 10.4. The highest BCUT2D eigenvalue weighted by Crippen LogP contribution is 2.14. The van der Waals surface area contributed by atoms with Crippen LogP contribution in [0.2, 0.25) is 5.28 Å². The van der Waals surface area contributed by atoms with Gasteiger partial charge in [-0.25, -0.2) is 4.98 Å². The van der Waals surface area contributed by atoms with E-state index in [4.69, 9.17) is 21.1 Å². The van der Waals surface area contributed by atoms with Crippen molar-refractivity contribution in [1.29, 1.82) is 0 Å². The van der Waals surface area contributed by atoms with Gasteiger partial charge in [-0.15, -0.1) is 0 Å². The molecule has 0 unspecified atom stereocenters. The molecular formula is C9H13ClN2O2. The summed E-state index contributed by atoms with van der Waals surface area (Å²) >= 11 is 5.62. The highest BCUT2D eigenvalue weighted by Gasteiger charge is 2.02. The molecule has 4 nitrogen and oxygen atoms in total. The number of ether oxygens (including phenoxy) is 2. The molecule has 0 aliphatic heterocycles. The van der Waals surface area contributed by atoms with Gasteiger partial charge >= 0.3 is 0 Å². The molecule has 78 valence electrons. The Balaban J connectivity index is 2.45. The fraction of sp³-hybridized carbons (Fsp3) is 0.556. The fourth-order valence-corrected chi connectivity index (χ4v) is 1.02. The van der Waals surface area contributed by atoms with Gasteiger partial charge in [0.15, 0.2) is 0 Å². The average Bonchev–Trinajstić information content (AvgIpc) is 2.18. The van der Waals surface area contributed by atoms with Crippen molar-refractivity contribution in [2.24, 2.45) is 0 Å². The van der Waals surface area contributed by atoms with Crippen molar-refractivity contribution in [2.75, 3.05) is 19.8 Å². The Morgan fingerprint density at radius 1 is 1.43 bits per heavy atom. The standard InChI is InChI=1S/C9H13ClN2O2/c1-3-13-4-5-14-8-7(2)6-11-9(10)12-8/h6H,3-5H2,1-2H3. The lowest BCUT2D eigenvalue weighted by Gasteiger charge is -2.07. The number of hydrogen-bond acceptors (Lipinski definition) is 4. The SMILES string of the molecule is CCOCCOc1nc(Cl)ncc1C. The quantitative estimate of drug-likeness (QED) is 0.557. The van der Waals surface area contributed by atoms with E-state index in [1.54, 1.807) is 6.20 Å². The highest BCUT2D eigenvalue weighted by molar-refractivity contribution is 6.28. The fourth-order valence-electron chi connectivity index (χ4n) is 0.894. The van der Waals surface area contributed by atoms with E-state index in [1.807, 2.05) is 13.8 Å². The third kappa shape index (κ3) is 3.47. The second-order valence-corrected chi connectivity index (χ2v) is 3.01. The lowest BCUT2D eigenvalue weighted by molar-refractivity contribution is 0.108. The van der Waals surface area contributed by atoms with E-state index >= 15 is 0 Å². The first-order valence-electron chi connectivity index (χ1n) is 4.43. The van der Waals surface area contributed by atoms with E-state index in [9.17, 15) is 0 Å². The molecule has 0 bridgehead atoms. The summed E-state index contributed by atoms with van der Waals surface area (Å²) in [6, 6.07) is 0. The van der Waals surface area contributed by atoms with E-state index in [0.29, 0.717) is 25.7 Å². The van der Waals surface area contributed by atoms with E-state index in [-0.39, 0.29) is 5.28 Å². The molecule has 1 heterocycles. The van der Waals surface area contributed by atoms with Crippen LogP contribution in [0, 0.1) is 6.92 Å². The second-order valence-electron chi connectivity index (χ2n) is 2.67. The third-order valence-electron chi connectivity index (χ3n) is 1.57. The molecule has 0 fully saturated rings. The van der Waals surface area contributed by atoms with E-state index in [1.165, 1.54) is 0 Å². The summed E-state index contributed by atoms with van der Waals surface area (Å²) in [6.45, 7) is 5.52. The largest absolute Gasteiger partial charge is 0.475 e. The molecule has 0 atom stereocenters. The van der Waals surface area contributed by atoms with Crippen LogP contribution in [0.3, 0.4) is 0 Å². The summed E-state index contributed by atoms with van der Waals surface area (Å²) < 4.78 is 10.5. The average molecular weight is 217 g/mol. The normalized spacial score (nSPS) is 10.2. The van der Waals surface area contributed by atoms with Crippen LogP contribution in [0.15, 0.2) is 6.20 Å². The monoisotopic (exact) mass is 216 g/mol. The van der Waals surface area contributed by atoms with Crippen LogP contribution < -0.4 is 4.74 Å². The van der Waals surface area contributed by atoms with Crippen molar-refractivity contribution in [3.63, 3.8) is 0 Å². The van der Waals surface area contributed by atoms with Crippen molar-refractivity contribution in [3.8, 4) is 5.88 Å². The van der Waals surface area contributed by atoms with Crippen LogP contribution in [0.1, 0.15) is 12.5 Å². The van der Waals surface area contributed by atoms with Crippen molar-refractivity contribution < 1.29 is 9.47 Å². The predicted octanol–water partition coefficient (Wildman–Crippen LogP) is 1.85. The molecule has 0 radical (unpaired) electrons. The molecule has 1 aromatic rings. The van der Waals surface area contributed by atoms with Gasteiger partial charge in [-0.3, -0.25) is 0 Å². The molecular weight excluding hydrogens is 204 g/mol. The molecule has 1 rings (SSSR count). The van der Waals surface area contributed by atoms with Gasteiger partial charge in [-0.1, -0.05) is 0 Å². The molecule has 0 amide bonds. The van der Waals surface area contributed by atoms with Gasteiger partial charge in [0.2, 0.25) is 11.2 Å². The third-order valence-corrected chi connectivity index (χ3v) is 1.75. The number of halogens is 1. The van der Waals surface area contributed by atoms with Crippen LogP contribution in [0.25, 0.3) is 0 Å². The van der Waals surface area contributed by atoms with Gasteiger partial charge in [0, 0.05) is 18.4 Å². The summed E-state index contributed by atoms with van der Waals surface area (Å²) in [5.74, 6) is 0.518. The van der Waals surface area contributed by atoms with Crippen molar-refractivity contribution >= 4 is 11.6 Å². The van der Waals surface area contributed by atoms with Crippen LogP contribution in [0.5, 0.6) is 5.88 Å². The number of rotatable bonds is 5. The zero-order valence-corrected chi connectivity index (χ0v) is 9.04. The number of hydrogen-bond donors (Lipinski definition) is 0. The number of aryl methyl sites for hydroxylation is 1. The molecule has 0 aliphatic rings. The van der Waals surface area contributed by atoms with Crippen molar-refractivity contribution in [3.05, 3.63) is 17.0 Å². The molecule has 0 aliphatic carbocycles. The van der Waals surface area contributed by atoms with Crippen LogP contribution in [-0.4, -0.2) is 29.8 Å². The second kappa shape index (κ2) is 5.78. The van der Waals surface area contributed by atoms with Gasteiger partial charge in [-0.05, 0) is 25.4 Å². The molecule has 0 spiro atoms. The Hall–Kier alpha value is -0.870. The summed E-state index contributed by atoms with van der Waals surface area (Å²) in [6.07, 6.45) is 1.63. The maximum absolute atomic E-state index is 5.62. The zero-order chi connectivity index (χ0) is 10.4. The van der Waals surface area contributed by atoms with Gasteiger partial charge in [0.25, 0.3) is 0 Å². The topological polar surface area (TPSA) is 44.2 Å². The van der Waals surface area contributed by atoms with Gasteiger partial charge in [0.05, 0.1) is 6.61 Å². The summed E-state index contributed by atoms with van der Waals surface area (Å²) in [7, 11) is 0. The maximum Gasteiger partial charge on any atom is 0.225 e. The van der Waals surface area contributed by atoms with Gasteiger partial charge < -0.3 is 9.47 Å².